The summed E-state index contributed by atoms with van der Waals surface area (Å²) in [5.74, 6) is 1.02. The van der Waals surface area contributed by atoms with E-state index in [1.807, 2.05) is 4.90 Å². The van der Waals surface area contributed by atoms with Crippen LogP contribution in [-0.2, 0) is 9.59 Å². The zero-order chi connectivity index (χ0) is 16.1. The monoisotopic (exact) mass is 321 g/mol. The lowest BCUT2D eigenvalue weighted by Crippen LogP contribution is -2.44. The maximum absolute atomic E-state index is 12.7. The second-order valence-electron chi connectivity index (χ2n) is 7.47. The minimum atomic E-state index is 0.174. The Hall–Kier alpha value is -1.10. The lowest BCUT2D eigenvalue weighted by molar-refractivity contribution is -0.136. The van der Waals surface area contributed by atoms with Crippen molar-refractivity contribution in [1.82, 2.24) is 15.5 Å². The van der Waals surface area contributed by atoms with Gasteiger partial charge in [0.1, 0.15) is 0 Å². The Bertz CT molecular complexity index is 404. The standard InChI is InChI=1S/C18H31N3O2/c22-17(14-4-1-2-5-14)20-16-8-6-15(7-9-16)18(23)21-12-3-10-19-11-13-21/h14-16,19H,1-13H2,(H,20,22). The quantitative estimate of drug-likeness (QED) is 0.831. The highest BCUT2D eigenvalue weighted by Crippen LogP contribution is 2.28. The number of hydrogen-bond acceptors (Lipinski definition) is 3. The summed E-state index contributed by atoms with van der Waals surface area (Å²) in [5, 5.41) is 6.58. The molecule has 0 aromatic carbocycles. The van der Waals surface area contributed by atoms with Crippen LogP contribution < -0.4 is 10.6 Å². The fourth-order valence-electron chi connectivity index (χ4n) is 4.32. The minimum absolute atomic E-state index is 0.174. The van der Waals surface area contributed by atoms with Crippen molar-refractivity contribution >= 4 is 11.8 Å². The fourth-order valence-corrected chi connectivity index (χ4v) is 4.32. The number of hydrogen-bond donors (Lipinski definition) is 2. The molecule has 2 aliphatic carbocycles. The molecular weight excluding hydrogens is 290 g/mol. The van der Waals surface area contributed by atoms with Crippen molar-refractivity contribution in [3.63, 3.8) is 0 Å². The predicted octanol–water partition coefficient (Wildman–Crippen LogP) is 1.67. The topological polar surface area (TPSA) is 61.4 Å². The van der Waals surface area contributed by atoms with E-state index in [4.69, 9.17) is 0 Å². The fraction of sp³-hybridized carbons (Fsp3) is 0.889. The Balaban J connectivity index is 1.42. The largest absolute Gasteiger partial charge is 0.353 e. The first-order valence-corrected chi connectivity index (χ1v) is 9.54. The predicted molar refractivity (Wildman–Crippen MR) is 89.9 cm³/mol. The van der Waals surface area contributed by atoms with Gasteiger partial charge in [-0.1, -0.05) is 12.8 Å². The molecule has 5 nitrogen and oxygen atoms in total. The van der Waals surface area contributed by atoms with Crippen LogP contribution in [0.1, 0.15) is 57.8 Å². The van der Waals surface area contributed by atoms with Gasteiger partial charge in [-0.2, -0.15) is 0 Å². The lowest BCUT2D eigenvalue weighted by atomic mass is 9.84. The molecule has 1 heterocycles. The molecule has 3 aliphatic rings. The van der Waals surface area contributed by atoms with Gasteiger partial charge in [0.05, 0.1) is 0 Å². The molecule has 0 unspecified atom stereocenters. The van der Waals surface area contributed by atoms with Crippen LogP contribution in [0.15, 0.2) is 0 Å². The maximum atomic E-state index is 12.7. The third-order valence-electron chi connectivity index (χ3n) is 5.80. The highest BCUT2D eigenvalue weighted by molar-refractivity contribution is 5.80. The van der Waals surface area contributed by atoms with E-state index in [-0.39, 0.29) is 23.8 Å². The van der Waals surface area contributed by atoms with E-state index in [0.717, 1.165) is 71.1 Å². The summed E-state index contributed by atoms with van der Waals surface area (Å²) < 4.78 is 0. The average Bonchev–Trinajstić information content (AvgIpc) is 2.98. The Morgan fingerprint density at radius 2 is 1.57 bits per heavy atom. The highest BCUT2D eigenvalue weighted by atomic mass is 16.2. The van der Waals surface area contributed by atoms with Gasteiger partial charge in [0, 0.05) is 37.5 Å². The molecule has 2 N–H and O–H groups in total. The van der Waals surface area contributed by atoms with Crippen molar-refractivity contribution in [2.75, 3.05) is 26.2 Å². The number of nitrogens with one attached hydrogen (secondary N) is 2. The number of rotatable bonds is 3. The first kappa shape index (κ1) is 16.7. The molecule has 2 amide bonds. The van der Waals surface area contributed by atoms with Gasteiger partial charge in [-0.3, -0.25) is 9.59 Å². The smallest absolute Gasteiger partial charge is 0.225 e. The second-order valence-corrected chi connectivity index (χ2v) is 7.47. The summed E-state index contributed by atoms with van der Waals surface area (Å²) in [7, 11) is 0. The van der Waals surface area contributed by atoms with E-state index < -0.39 is 0 Å². The molecule has 5 heteroatoms. The molecule has 1 saturated heterocycles. The van der Waals surface area contributed by atoms with E-state index in [0.29, 0.717) is 5.91 Å². The van der Waals surface area contributed by atoms with Crippen molar-refractivity contribution in [3.05, 3.63) is 0 Å². The van der Waals surface area contributed by atoms with Crippen LogP contribution in [0.25, 0.3) is 0 Å². The van der Waals surface area contributed by atoms with E-state index in [1.165, 1.54) is 12.8 Å². The number of amides is 2. The van der Waals surface area contributed by atoms with Gasteiger partial charge in [-0.05, 0) is 51.5 Å². The molecule has 3 rings (SSSR count). The molecule has 0 atom stereocenters. The Morgan fingerprint density at radius 3 is 2.30 bits per heavy atom. The van der Waals surface area contributed by atoms with Crippen LogP contribution in [0.3, 0.4) is 0 Å². The zero-order valence-electron chi connectivity index (χ0n) is 14.2. The molecule has 1 aliphatic heterocycles. The van der Waals surface area contributed by atoms with E-state index >= 15 is 0 Å². The van der Waals surface area contributed by atoms with Crippen molar-refractivity contribution in [3.8, 4) is 0 Å². The van der Waals surface area contributed by atoms with Gasteiger partial charge in [0.15, 0.2) is 0 Å². The summed E-state index contributed by atoms with van der Waals surface area (Å²) in [5.41, 5.74) is 0. The molecule has 0 aromatic heterocycles. The van der Waals surface area contributed by atoms with Gasteiger partial charge in [-0.25, -0.2) is 0 Å². The van der Waals surface area contributed by atoms with E-state index in [2.05, 4.69) is 10.6 Å². The zero-order valence-corrected chi connectivity index (χ0v) is 14.2. The van der Waals surface area contributed by atoms with Crippen molar-refractivity contribution in [1.29, 1.82) is 0 Å². The molecule has 2 saturated carbocycles. The van der Waals surface area contributed by atoms with Crippen LogP contribution in [0, 0.1) is 11.8 Å². The number of nitrogens with zero attached hydrogens (tertiary/aromatic N) is 1. The first-order valence-electron chi connectivity index (χ1n) is 9.54. The summed E-state index contributed by atoms with van der Waals surface area (Å²) in [4.78, 5) is 26.9. The van der Waals surface area contributed by atoms with Crippen LogP contribution >= 0.6 is 0 Å². The third kappa shape index (κ3) is 4.46. The summed E-state index contributed by atoms with van der Waals surface area (Å²) in [6, 6.07) is 0.290. The third-order valence-corrected chi connectivity index (χ3v) is 5.80. The molecule has 3 fully saturated rings. The van der Waals surface area contributed by atoms with Crippen LogP contribution in [0.4, 0.5) is 0 Å². The summed E-state index contributed by atoms with van der Waals surface area (Å²) >= 11 is 0. The second kappa shape index (κ2) is 8.13. The summed E-state index contributed by atoms with van der Waals surface area (Å²) in [6.07, 6.45) is 9.34. The molecule has 0 bridgehead atoms. The van der Waals surface area contributed by atoms with Gasteiger partial charge < -0.3 is 15.5 Å². The Morgan fingerprint density at radius 1 is 0.826 bits per heavy atom. The molecule has 0 radical (unpaired) electrons. The minimum Gasteiger partial charge on any atom is -0.353 e. The molecule has 0 spiro atoms. The van der Waals surface area contributed by atoms with Crippen LogP contribution in [0.2, 0.25) is 0 Å². The Labute approximate surface area is 139 Å². The van der Waals surface area contributed by atoms with Crippen LogP contribution in [0.5, 0.6) is 0 Å². The van der Waals surface area contributed by atoms with Gasteiger partial charge in [-0.15, -0.1) is 0 Å². The normalized spacial score (nSPS) is 30.0. The van der Waals surface area contributed by atoms with Gasteiger partial charge in [0.2, 0.25) is 11.8 Å². The van der Waals surface area contributed by atoms with E-state index in [9.17, 15) is 9.59 Å². The summed E-state index contributed by atoms with van der Waals surface area (Å²) in [6.45, 7) is 3.67. The first-order chi connectivity index (χ1) is 11.2. The molecule has 130 valence electrons. The van der Waals surface area contributed by atoms with Crippen LogP contribution in [-0.4, -0.2) is 48.9 Å². The highest BCUT2D eigenvalue weighted by Gasteiger charge is 2.31. The molecule has 23 heavy (non-hydrogen) atoms. The van der Waals surface area contributed by atoms with Crippen molar-refractivity contribution in [2.24, 2.45) is 11.8 Å². The maximum Gasteiger partial charge on any atom is 0.225 e. The SMILES string of the molecule is O=C(NC1CCC(C(=O)N2CCCNCC2)CC1)C1CCCC1. The van der Waals surface area contributed by atoms with Crippen molar-refractivity contribution < 1.29 is 9.59 Å². The van der Waals surface area contributed by atoms with E-state index in [1.54, 1.807) is 0 Å². The number of carbonyl (C=O) groups excluding carboxylic acids is 2. The molecular formula is C18H31N3O2. The van der Waals surface area contributed by atoms with Gasteiger partial charge in [0.25, 0.3) is 0 Å². The number of carbonyl (C=O) groups is 2. The van der Waals surface area contributed by atoms with Gasteiger partial charge >= 0.3 is 0 Å². The lowest BCUT2D eigenvalue weighted by Gasteiger charge is -2.32. The molecule has 0 aromatic rings. The van der Waals surface area contributed by atoms with Crippen molar-refractivity contribution in [2.45, 2.75) is 63.8 Å². The Kier molecular flexibility index (Phi) is 5.92. The average molecular weight is 321 g/mol.